The maximum absolute atomic E-state index is 12.5. The number of amides is 1. The van der Waals surface area contributed by atoms with Gasteiger partial charge in [0.15, 0.2) is 0 Å². The molecule has 4 atom stereocenters. The minimum atomic E-state index is -1.09. The fourth-order valence-electron chi connectivity index (χ4n) is 2.77. The fourth-order valence-corrected chi connectivity index (χ4v) is 2.77. The van der Waals surface area contributed by atoms with Crippen molar-refractivity contribution in [3.8, 4) is 0 Å². The summed E-state index contributed by atoms with van der Waals surface area (Å²) in [6, 6.07) is -0.912. The van der Waals surface area contributed by atoms with Crippen LogP contribution < -0.4 is 11.1 Å². The van der Waals surface area contributed by atoms with Gasteiger partial charge >= 0.3 is 5.97 Å². The molecule has 4 unspecified atom stereocenters. The van der Waals surface area contributed by atoms with Crippen molar-refractivity contribution >= 4 is 11.9 Å². The van der Waals surface area contributed by atoms with Crippen molar-refractivity contribution in [1.82, 2.24) is 5.32 Å². The molecule has 0 radical (unpaired) electrons. The first kappa shape index (κ1) is 17.9. The van der Waals surface area contributed by atoms with Crippen LogP contribution in [0, 0.1) is 11.3 Å². The average molecular weight is 300 g/mol. The van der Waals surface area contributed by atoms with Crippen molar-refractivity contribution in [2.24, 2.45) is 17.1 Å². The summed E-state index contributed by atoms with van der Waals surface area (Å²) in [5, 5.41) is 11.9. The van der Waals surface area contributed by atoms with Crippen LogP contribution in [0.1, 0.15) is 47.5 Å². The minimum absolute atomic E-state index is 0.0786. The Morgan fingerprint density at radius 3 is 2.38 bits per heavy atom. The highest BCUT2D eigenvalue weighted by Gasteiger charge is 2.63. The van der Waals surface area contributed by atoms with Gasteiger partial charge in [-0.1, -0.05) is 34.1 Å². The van der Waals surface area contributed by atoms with Crippen molar-refractivity contribution in [2.75, 3.05) is 6.61 Å². The zero-order valence-corrected chi connectivity index (χ0v) is 13.6. The average Bonchev–Trinajstić information content (AvgIpc) is 2.42. The highest BCUT2D eigenvalue weighted by atomic mass is 16.5. The molecule has 1 amide bonds. The van der Waals surface area contributed by atoms with E-state index < -0.39 is 28.9 Å². The number of carboxylic acids is 1. The van der Waals surface area contributed by atoms with E-state index in [2.05, 4.69) is 5.32 Å². The summed E-state index contributed by atoms with van der Waals surface area (Å²) in [5.41, 5.74) is 4.64. The smallest absolute Gasteiger partial charge is 0.326 e. The number of ether oxygens (including phenoxy) is 1. The molecule has 6 nitrogen and oxygen atoms in total. The van der Waals surface area contributed by atoms with Crippen LogP contribution in [0.25, 0.3) is 0 Å². The lowest BCUT2D eigenvalue weighted by Crippen LogP contribution is -2.76. The second-order valence-electron chi connectivity index (χ2n) is 6.52. The van der Waals surface area contributed by atoms with E-state index in [0.29, 0.717) is 19.4 Å². The number of hydrogen-bond donors (Lipinski definition) is 3. The predicted octanol–water partition coefficient (Wildman–Crippen LogP) is 1.13. The molecular weight excluding hydrogens is 272 g/mol. The first-order chi connectivity index (χ1) is 9.61. The van der Waals surface area contributed by atoms with E-state index in [9.17, 15) is 14.7 Å². The third kappa shape index (κ3) is 3.06. The van der Waals surface area contributed by atoms with Crippen LogP contribution in [0.2, 0.25) is 0 Å². The first-order valence-corrected chi connectivity index (χ1v) is 7.56. The Morgan fingerprint density at radius 1 is 1.43 bits per heavy atom. The van der Waals surface area contributed by atoms with Crippen molar-refractivity contribution in [3.05, 3.63) is 0 Å². The third-order valence-corrected chi connectivity index (χ3v) is 5.00. The van der Waals surface area contributed by atoms with Crippen LogP contribution in [0.4, 0.5) is 0 Å². The Balaban J connectivity index is 2.82. The van der Waals surface area contributed by atoms with Crippen molar-refractivity contribution in [3.63, 3.8) is 0 Å². The molecule has 0 heterocycles. The van der Waals surface area contributed by atoms with Crippen LogP contribution in [0.3, 0.4) is 0 Å². The number of aliphatic carboxylic acids is 1. The molecule has 6 heteroatoms. The largest absolute Gasteiger partial charge is 0.480 e. The molecule has 1 aliphatic rings. The Bertz CT molecular complexity index is 410. The second-order valence-corrected chi connectivity index (χ2v) is 6.52. The van der Waals surface area contributed by atoms with Gasteiger partial charge < -0.3 is 20.9 Å². The molecule has 0 aliphatic heterocycles. The van der Waals surface area contributed by atoms with E-state index in [1.54, 1.807) is 6.92 Å². The van der Waals surface area contributed by atoms with Crippen LogP contribution in [0.15, 0.2) is 0 Å². The summed E-state index contributed by atoms with van der Waals surface area (Å²) in [4.78, 5) is 23.8. The Hall–Kier alpha value is -1.14. The van der Waals surface area contributed by atoms with Crippen molar-refractivity contribution in [1.29, 1.82) is 0 Å². The van der Waals surface area contributed by atoms with Gasteiger partial charge in [-0.15, -0.1) is 0 Å². The number of carbonyl (C=O) groups excluding carboxylic acids is 1. The summed E-state index contributed by atoms with van der Waals surface area (Å²) >= 11 is 0. The van der Waals surface area contributed by atoms with Gasteiger partial charge in [0.1, 0.15) is 11.6 Å². The highest BCUT2D eigenvalue weighted by molar-refractivity contribution is 5.92. The number of nitrogens with one attached hydrogen (secondary N) is 1. The van der Waals surface area contributed by atoms with Crippen LogP contribution in [-0.4, -0.2) is 41.3 Å². The fraction of sp³-hybridized carbons (Fsp3) is 0.867. The predicted molar refractivity (Wildman–Crippen MR) is 79.8 cm³/mol. The zero-order chi connectivity index (χ0) is 16.4. The zero-order valence-electron chi connectivity index (χ0n) is 13.6. The van der Waals surface area contributed by atoms with Crippen molar-refractivity contribution in [2.45, 2.75) is 65.1 Å². The van der Waals surface area contributed by atoms with Crippen LogP contribution in [0.5, 0.6) is 0 Å². The third-order valence-electron chi connectivity index (χ3n) is 5.00. The quantitative estimate of drug-likeness (QED) is 0.654. The van der Waals surface area contributed by atoms with E-state index >= 15 is 0 Å². The van der Waals surface area contributed by atoms with E-state index in [1.807, 2.05) is 27.7 Å². The molecule has 0 saturated heterocycles. The maximum atomic E-state index is 12.5. The van der Waals surface area contributed by atoms with Gasteiger partial charge in [-0.05, 0) is 12.8 Å². The van der Waals surface area contributed by atoms with Gasteiger partial charge in [0.2, 0.25) is 5.91 Å². The first-order valence-electron chi connectivity index (χ1n) is 7.56. The Labute approximate surface area is 126 Å². The van der Waals surface area contributed by atoms with Gasteiger partial charge in [-0.25, -0.2) is 4.79 Å². The van der Waals surface area contributed by atoms with Gasteiger partial charge in [0.25, 0.3) is 0 Å². The number of nitrogens with two attached hydrogens (primary N) is 1. The minimum Gasteiger partial charge on any atom is -0.480 e. The maximum Gasteiger partial charge on any atom is 0.326 e. The van der Waals surface area contributed by atoms with Gasteiger partial charge in [-0.3, -0.25) is 4.79 Å². The molecule has 1 saturated carbocycles. The molecule has 1 aliphatic carbocycles. The number of carboxylic acid groups (broad SMARTS) is 1. The van der Waals surface area contributed by atoms with E-state index in [1.165, 1.54) is 0 Å². The lowest BCUT2D eigenvalue weighted by atomic mass is 9.54. The summed E-state index contributed by atoms with van der Waals surface area (Å²) in [5.74, 6) is -1.59. The molecule has 4 N–H and O–H groups in total. The van der Waals surface area contributed by atoms with E-state index in [4.69, 9.17) is 10.5 Å². The molecule has 0 aromatic rings. The molecule has 1 rings (SSSR count). The van der Waals surface area contributed by atoms with Crippen molar-refractivity contribution < 1.29 is 19.4 Å². The summed E-state index contributed by atoms with van der Waals surface area (Å²) < 4.78 is 5.58. The normalized spacial score (nSPS) is 30.1. The van der Waals surface area contributed by atoms with E-state index in [0.717, 1.165) is 0 Å². The molecule has 21 heavy (non-hydrogen) atoms. The SMILES string of the molecule is CCOC1CC(N)(C(=O)NC(C(=O)O)C(C)CC)C1(C)C. The topological polar surface area (TPSA) is 102 Å². The summed E-state index contributed by atoms with van der Waals surface area (Å²) in [6.07, 6.45) is 0.997. The highest BCUT2D eigenvalue weighted by Crippen LogP contribution is 2.49. The Kier molecular flexibility index (Phi) is 5.39. The van der Waals surface area contributed by atoms with Gasteiger partial charge in [0.05, 0.1) is 6.10 Å². The standard InChI is InChI=1S/C15H28N2O4/c1-6-9(3)11(12(18)19)17-13(20)15(16)8-10(21-7-2)14(15,4)5/h9-11H,6-8,16H2,1-5H3,(H,17,20)(H,18,19). The Morgan fingerprint density at radius 2 is 2.00 bits per heavy atom. The van der Waals surface area contributed by atoms with Crippen LogP contribution in [-0.2, 0) is 14.3 Å². The monoisotopic (exact) mass is 300 g/mol. The van der Waals surface area contributed by atoms with Gasteiger partial charge in [0, 0.05) is 18.4 Å². The van der Waals surface area contributed by atoms with E-state index in [-0.39, 0.29) is 12.0 Å². The summed E-state index contributed by atoms with van der Waals surface area (Å²) in [7, 11) is 0. The van der Waals surface area contributed by atoms with Crippen LogP contribution >= 0.6 is 0 Å². The number of rotatable bonds is 7. The molecule has 0 aromatic heterocycles. The summed E-state index contributed by atoms with van der Waals surface area (Å²) in [6.45, 7) is 9.93. The molecule has 0 spiro atoms. The molecule has 1 fully saturated rings. The number of hydrogen-bond acceptors (Lipinski definition) is 4. The number of carbonyl (C=O) groups is 2. The lowest BCUT2D eigenvalue weighted by Gasteiger charge is -2.57. The second kappa shape index (κ2) is 6.32. The molecule has 0 aromatic carbocycles. The molecule has 0 bridgehead atoms. The molecule has 122 valence electrons. The molecular formula is C15H28N2O4. The van der Waals surface area contributed by atoms with Gasteiger partial charge in [-0.2, -0.15) is 0 Å². The lowest BCUT2D eigenvalue weighted by molar-refractivity contribution is -0.172.